The third-order valence-corrected chi connectivity index (χ3v) is 2.45. The van der Waals surface area contributed by atoms with Gasteiger partial charge < -0.3 is 5.32 Å². The van der Waals surface area contributed by atoms with Crippen molar-refractivity contribution in [3.8, 4) is 5.95 Å². The summed E-state index contributed by atoms with van der Waals surface area (Å²) in [5, 5.41) is 3.33. The topological polar surface area (TPSA) is 55.6 Å². The summed E-state index contributed by atoms with van der Waals surface area (Å²) in [7, 11) is 0. The molecule has 0 aliphatic rings. The molecule has 17 heavy (non-hydrogen) atoms. The SMILES string of the molecule is Cc1nccn1-c1ncc(CNC(C)C)cn1. The van der Waals surface area contributed by atoms with E-state index in [1.807, 2.05) is 30.1 Å². The molecule has 0 spiro atoms. The van der Waals surface area contributed by atoms with E-state index in [0.717, 1.165) is 17.9 Å². The average molecular weight is 231 g/mol. The molecule has 2 aromatic rings. The van der Waals surface area contributed by atoms with E-state index in [1.165, 1.54) is 0 Å². The summed E-state index contributed by atoms with van der Waals surface area (Å²) >= 11 is 0. The van der Waals surface area contributed by atoms with E-state index >= 15 is 0 Å². The van der Waals surface area contributed by atoms with Crippen LogP contribution >= 0.6 is 0 Å². The summed E-state index contributed by atoms with van der Waals surface area (Å²) in [6.07, 6.45) is 7.29. The minimum atomic E-state index is 0.463. The molecule has 0 atom stereocenters. The highest BCUT2D eigenvalue weighted by Gasteiger charge is 2.03. The largest absolute Gasteiger partial charge is 0.310 e. The summed E-state index contributed by atoms with van der Waals surface area (Å²) in [4.78, 5) is 12.8. The molecule has 5 nitrogen and oxygen atoms in total. The maximum absolute atomic E-state index is 4.33. The molecule has 2 rings (SSSR count). The second-order valence-corrected chi connectivity index (χ2v) is 4.27. The lowest BCUT2D eigenvalue weighted by molar-refractivity contribution is 0.586. The van der Waals surface area contributed by atoms with Crippen molar-refractivity contribution in [2.24, 2.45) is 0 Å². The lowest BCUT2D eigenvalue weighted by Gasteiger charge is -2.08. The Morgan fingerprint density at radius 1 is 1.24 bits per heavy atom. The van der Waals surface area contributed by atoms with Gasteiger partial charge in [-0.2, -0.15) is 0 Å². The quantitative estimate of drug-likeness (QED) is 0.865. The lowest BCUT2D eigenvalue weighted by atomic mass is 10.3. The zero-order chi connectivity index (χ0) is 12.3. The predicted molar refractivity (Wildman–Crippen MR) is 65.9 cm³/mol. The highest BCUT2D eigenvalue weighted by Crippen LogP contribution is 2.04. The Balaban J connectivity index is 2.11. The molecule has 5 heteroatoms. The van der Waals surface area contributed by atoms with Gasteiger partial charge in [0.05, 0.1) is 0 Å². The van der Waals surface area contributed by atoms with Crippen molar-refractivity contribution in [1.29, 1.82) is 0 Å². The maximum Gasteiger partial charge on any atom is 0.235 e. The molecule has 90 valence electrons. The number of imidazole rings is 1. The van der Waals surface area contributed by atoms with Crippen molar-refractivity contribution < 1.29 is 0 Å². The highest BCUT2D eigenvalue weighted by atomic mass is 15.2. The molecule has 2 heterocycles. The second-order valence-electron chi connectivity index (χ2n) is 4.27. The van der Waals surface area contributed by atoms with Crippen LogP contribution in [0.15, 0.2) is 24.8 Å². The van der Waals surface area contributed by atoms with Crippen molar-refractivity contribution in [3.63, 3.8) is 0 Å². The summed E-state index contributed by atoms with van der Waals surface area (Å²) in [5.74, 6) is 1.55. The first-order valence-electron chi connectivity index (χ1n) is 5.71. The lowest BCUT2D eigenvalue weighted by Crippen LogP contribution is -2.22. The van der Waals surface area contributed by atoms with Gasteiger partial charge in [0.15, 0.2) is 0 Å². The molecule has 0 amide bonds. The molecule has 0 aromatic carbocycles. The Labute approximate surface area is 101 Å². The molecular weight excluding hydrogens is 214 g/mol. The van der Waals surface area contributed by atoms with Gasteiger partial charge in [0.1, 0.15) is 5.82 Å². The molecule has 0 fully saturated rings. The Morgan fingerprint density at radius 3 is 2.47 bits per heavy atom. The third-order valence-electron chi connectivity index (χ3n) is 2.45. The molecule has 0 unspecified atom stereocenters. The molecule has 0 saturated carbocycles. The van der Waals surface area contributed by atoms with Gasteiger partial charge in [0.2, 0.25) is 5.95 Å². The fourth-order valence-corrected chi connectivity index (χ4v) is 1.47. The van der Waals surface area contributed by atoms with Gasteiger partial charge in [-0.25, -0.2) is 15.0 Å². The molecule has 2 aromatic heterocycles. The van der Waals surface area contributed by atoms with Crippen LogP contribution in [0.3, 0.4) is 0 Å². The molecule has 1 N–H and O–H groups in total. The Morgan fingerprint density at radius 2 is 1.94 bits per heavy atom. The standard InChI is InChI=1S/C12H17N5/c1-9(2)14-6-11-7-15-12(16-8-11)17-5-4-13-10(17)3/h4-5,7-9,14H,6H2,1-3H3. The van der Waals surface area contributed by atoms with E-state index in [4.69, 9.17) is 0 Å². The number of nitrogens with zero attached hydrogens (tertiary/aromatic N) is 4. The first kappa shape index (κ1) is 11.7. The van der Waals surface area contributed by atoms with Crippen molar-refractivity contribution in [2.45, 2.75) is 33.4 Å². The van der Waals surface area contributed by atoms with Crippen molar-refractivity contribution >= 4 is 0 Å². The second kappa shape index (κ2) is 5.05. The molecule has 0 radical (unpaired) electrons. The normalized spacial score (nSPS) is 11.1. The van der Waals surface area contributed by atoms with Crippen molar-refractivity contribution in [3.05, 3.63) is 36.2 Å². The van der Waals surface area contributed by atoms with Gasteiger partial charge in [0, 0.05) is 42.9 Å². The van der Waals surface area contributed by atoms with Crippen LogP contribution < -0.4 is 5.32 Å². The summed E-state index contributed by atoms with van der Waals surface area (Å²) in [6, 6.07) is 0.463. The van der Waals surface area contributed by atoms with Crippen LogP contribution in [-0.4, -0.2) is 25.6 Å². The summed E-state index contributed by atoms with van der Waals surface area (Å²) < 4.78 is 1.86. The molecule has 0 aliphatic heterocycles. The summed E-state index contributed by atoms with van der Waals surface area (Å²) in [5.41, 5.74) is 1.08. The predicted octanol–water partition coefficient (Wildman–Crippen LogP) is 1.47. The number of aromatic nitrogens is 4. The zero-order valence-electron chi connectivity index (χ0n) is 10.4. The van der Waals surface area contributed by atoms with E-state index in [-0.39, 0.29) is 0 Å². The van der Waals surface area contributed by atoms with Crippen LogP contribution in [0.1, 0.15) is 25.2 Å². The van der Waals surface area contributed by atoms with E-state index in [0.29, 0.717) is 12.0 Å². The molecule has 0 aliphatic carbocycles. The van der Waals surface area contributed by atoms with E-state index in [9.17, 15) is 0 Å². The molecule has 0 bridgehead atoms. The van der Waals surface area contributed by atoms with Gasteiger partial charge >= 0.3 is 0 Å². The fourth-order valence-electron chi connectivity index (χ4n) is 1.47. The first-order chi connectivity index (χ1) is 8.16. The Hall–Kier alpha value is -1.75. The van der Waals surface area contributed by atoms with Gasteiger partial charge in [-0.15, -0.1) is 0 Å². The van der Waals surface area contributed by atoms with Crippen LogP contribution in [0, 0.1) is 6.92 Å². The van der Waals surface area contributed by atoms with Crippen LogP contribution in [0.4, 0.5) is 0 Å². The number of rotatable bonds is 4. The third kappa shape index (κ3) is 2.88. The summed E-state index contributed by atoms with van der Waals surface area (Å²) in [6.45, 7) is 6.95. The van der Waals surface area contributed by atoms with E-state index < -0.39 is 0 Å². The van der Waals surface area contributed by atoms with Crippen molar-refractivity contribution in [2.75, 3.05) is 0 Å². The Bertz CT molecular complexity index is 472. The van der Waals surface area contributed by atoms with Gasteiger partial charge in [-0.3, -0.25) is 4.57 Å². The minimum Gasteiger partial charge on any atom is -0.310 e. The average Bonchev–Trinajstić information content (AvgIpc) is 2.73. The van der Waals surface area contributed by atoms with Crippen LogP contribution in [0.25, 0.3) is 5.95 Å². The minimum absolute atomic E-state index is 0.463. The van der Waals surface area contributed by atoms with Crippen molar-refractivity contribution in [1.82, 2.24) is 24.8 Å². The van der Waals surface area contributed by atoms with Crippen LogP contribution in [0.2, 0.25) is 0 Å². The zero-order valence-corrected chi connectivity index (χ0v) is 10.4. The highest BCUT2D eigenvalue weighted by molar-refractivity contribution is 5.17. The van der Waals surface area contributed by atoms with Gasteiger partial charge in [-0.05, 0) is 6.92 Å². The molecular formula is C12H17N5. The maximum atomic E-state index is 4.33. The van der Waals surface area contributed by atoms with E-state index in [2.05, 4.69) is 34.1 Å². The number of hydrogen-bond acceptors (Lipinski definition) is 4. The van der Waals surface area contributed by atoms with Gasteiger partial charge in [0.25, 0.3) is 0 Å². The van der Waals surface area contributed by atoms with Crippen LogP contribution in [0.5, 0.6) is 0 Å². The number of nitrogens with one attached hydrogen (secondary N) is 1. The smallest absolute Gasteiger partial charge is 0.235 e. The van der Waals surface area contributed by atoms with Gasteiger partial charge in [-0.1, -0.05) is 13.8 Å². The fraction of sp³-hybridized carbons (Fsp3) is 0.417. The Kier molecular flexibility index (Phi) is 3.49. The number of hydrogen-bond donors (Lipinski definition) is 1. The molecule has 0 saturated heterocycles. The van der Waals surface area contributed by atoms with E-state index in [1.54, 1.807) is 6.20 Å². The van der Waals surface area contributed by atoms with Crippen LogP contribution in [-0.2, 0) is 6.54 Å². The monoisotopic (exact) mass is 231 g/mol. The first-order valence-corrected chi connectivity index (χ1v) is 5.71. The number of aryl methyl sites for hydroxylation is 1.